The number of anilines is 1. The summed E-state index contributed by atoms with van der Waals surface area (Å²) >= 11 is 2.06. The van der Waals surface area contributed by atoms with Crippen LogP contribution in [0.15, 0.2) is 18.3 Å². The predicted molar refractivity (Wildman–Crippen MR) is 80.2 cm³/mol. The first-order valence-electron chi connectivity index (χ1n) is 6.76. The fraction of sp³-hybridized carbons (Fsp3) is 0.643. The minimum Gasteiger partial charge on any atom is -0.385 e. The van der Waals surface area contributed by atoms with Crippen LogP contribution < -0.4 is 5.32 Å². The Bertz CT molecular complexity index is 364. The molecule has 2 rings (SSSR count). The van der Waals surface area contributed by atoms with Gasteiger partial charge in [-0.3, -0.25) is 9.88 Å². The third kappa shape index (κ3) is 3.89. The topological polar surface area (TPSA) is 28.2 Å². The molecule has 0 radical (unpaired) electrons. The van der Waals surface area contributed by atoms with E-state index in [0.717, 1.165) is 31.2 Å². The van der Waals surface area contributed by atoms with E-state index in [9.17, 15) is 0 Å². The molecule has 4 heteroatoms. The Labute approximate surface area is 114 Å². The third-order valence-electron chi connectivity index (χ3n) is 3.34. The predicted octanol–water partition coefficient (Wildman–Crippen LogP) is 2.84. The average Bonchev–Trinajstić information content (AvgIpc) is 2.91. The van der Waals surface area contributed by atoms with Crippen molar-refractivity contribution < 1.29 is 0 Å². The van der Waals surface area contributed by atoms with Gasteiger partial charge in [0.05, 0.1) is 5.69 Å². The van der Waals surface area contributed by atoms with Gasteiger partial charge in [-0.25, -0.2) is 0 Å². The molecule has 0 aliphatic carbocycles. The van der Waals surface area contributed by atoms with E-state index < -0.39 is 0 Å². The number of hydrogen-bond acceptors (Lipinski definition) is 4. The zero-order valence-electron chi connectivity index (χ0n) is 11.4. The lowest BCUT2D eigenvalue weighted by atomic mass is 10.2. The molecular weight excluding hydrogens is 242 g/mol. The highest BCUT2D eigenvalue weighted by Crippen LogP contribution is 2.22. The Kier molecular flexibility index (Phi) is 5.32. The molecule has 1 atom stereocenters. The zero-order chi connectivity index (χ0) is 12.8. The molecule has 100 valence electrons. The van der Waals surface area contributed by atoms with Gasteiger partial charge in [0, 0.05) is 36.8 Å². The van der Waals surface area contributed by atoms with Crippen LogP contribution in [0.2, 0.25) is 0 Å². The van der Waals surface area contributed by atoms with Gasteiger partial charge in [0.25, 0.3) is 0 Å². The number of hydrogen-bond donors (Lipinski definition) is 1. The molecule has 2 heterocycles. The van der Waals surface area contributed by atoms with Crippen molar-refractivity contribution in [3.63, 3.8) is 0 Å². The van der Waals surface area contributed by atoms with Gasteiger partial charge >= 0.3 is 0 Å². The molecule has 18 heavy (non-hydrogen) atoms. The van der Waals surface area contributed by atoms with Crippen molar-refractivity contribution in [1.29, 1.82) is 0 Å². The molecule has 3 nitrogen and oxygen atoms in total. The maximum Gasteiger partial charge on any atom is 0.0564 e. The Balaban J connectivity index is 1.91. The minimum atomic E-state index is 0.726. The van der Waals surface area contributed by atoms with E-state index >= 15 is 0 Å². The van der Waals surface area contributed by atoms with E-state index in [0.29, 0.717) is 0 Å². The highest BCUT2D eigenvalue weighted by atomic mass is 32.2. The summed E-state index contributed by atoms with van der Waals surface area (Å²) in [5.41, 5.74) is 2.35. The van der Waals surface area contributed by atoms with E-state index in [1.54, 1.807) is 0 Å². The summed E-state index contributed by atoms with van der Waals surface area (Å²) in [6.45, 7) is 4.16. The highest BCUT2D eigenvalue weighted by Gasteiger charge is 2.20. The van der Waals surface area contributed by atoms with E-state index in [2.05, 4.69) is 47.0 Å². The second-order valence-electron chi connectivity index (χ2n) is 4.90. The largest absolute Gasteiger partial charge is 0.385 e. The lowest BCUT2D eigenvalue weighted by Crippen LogP contribution is -2.31. The van der Waals surface area contributed by atoms with Gasteiger partial charge in [-0.1, -0.05) is 6.92 Å². The highest BCUT2D eigenvalue weighted by molar-refractivity contribution is 7.99. The Hall–Kier alpha value is -0.740. The molecule has 1 aromatic rings. The third-order valence-corrected chi connectivity index (χ3v) is 4.48. The van der Waals surface area contributed by atoms with E-state index in [1.807, 2.05) is 12.3 Å². The van der Waals surface area contributed by atoms with Crippen LogP contribution in [0.5, 0.6) is 0 Å². The smallest absolute Gasteiger partial charge is 0.0564 e. The van der Waals surface area contributed by atoms with Crippen LogP contribution in [0, 0.1) is 0 Å². The van der Waals surface area contributed by atoms with Crippen molar-refractivity contribution >= 4 is 17.4 Å². The van der Waals surface area contributed by atoms with Crippen LogP contribution in [-0.2, 0) is 6.54 Å². The van der Waals surface area contributed by atoms with Crippen molar-refractivity contribution in [3.05, 3.63) is 24.0 Å². The maximum atomic E-state index is 4.47. The molecule has 1 aromatic heterocycles. The van der Waals surface area contributed by atoms with Crippen LogP contribution >= 0.6 is 11.8 Å². The number of aromatic nitrogens is 1. The quantitative estimate of drug-likeness (QED) is 0.856. The Morgan fingerprint density at radius 2 is 2.44 bits per heavy atom. The van der Waals surface area contributed by atoms with Crippen molar-refractivity contribution in [1.82, 2.24) is 9.88 Å². The Morgan fingerprint density at radius 1 is 1.56 bits per heavy atom. The zero-order valence-corrected chi connectivity index (χ0v) is 12.2. The molecule has 1 saturated heterocycles. The van der Waals surface area contributed by atoms with Gasteiger partial charge in [0.2, 0.25) is 0 Å². The fourth-order valence-corrected chi connectivity index (χ4v) is 3.50. The minimum absolute atomic E-state index is 0.726. The van der Waals surface area contributed by atoms with Gasteiger partial charge in [0.1, 0.15) is 0 Å². The molecule has 0 amide bonds. The van der Waals surface area contributed by atoms with Crippen molar-refractivity contribution in [2.45, 2.75) is 32.4 Å². The van der Waals surface area contributed by atoms with Crippen LogP contribution in [0.4, 0.5) is 5.69 Å². The molecule has 1 aliphatic heterocycles. The molecule has 1 aliphatic rings. The summed E-state index contributed by atoms with van der Waals surface area (Å²) in [4.78, 5) is 6.91. The fourth-order valence-electron chi connectivity index (χ4n) is 2.20. The van der Waals surface area contributed by atoms with Crippen LogP contribution in [0.3, 0.4) is 0 Å². The monoisotopic (exact) mass is 265 g/mol. The second-order valence-corrected chi connectivity index (χ2v) is 6.04. The summed E-state index contributed by atoms with van der Waals surface area (Å²) in [5, 5.41) is 3.41. The van der Waals surface area contributed by atoms with Crippen molar-refractivity contribution in [3.8, 4) is 0 Å². The normalized spacial score (nSPS) is 19.4. The molecule has 0 bridgehead atoms. The lowest BCUT2D eigenvalue weighted by Gasteiger charge is -2.23. The van der Waals surface area contributed by atoms with Crippen LogP contribution in [0.25, 0.3) is 0 Å². The number of rotatable bonds is 6. The van der Waals surface area contributed by atoms with E-state index in [1.165, 1.54) is 23.6 Å². The molecule has 0 spiro atoms. The number of pyridine rings is 1. The lowest BCUT2D eigenvalue weighted by molar-refractivity contribution is 0.251. The van der Waals surface area contributed by atoms with Crippen molar-refractivity contribution in [2.24, 2.45) is 0 Å². The molecule has 0 aromatic carbocycles. The van der Waals surface area contributed by atoms with Crippen molar-refractivity contribution in [2.75, 3.05) is 30.4 Å². The van der Waals surface area contributed by atoms with E-state index in [4.69, 9.17) is 0 Å². The maximum absolute atomic E-state index is 4.47. The van der Waals surface area contributed by atoms with Crippen LogP contribution in [-0.4, -0.2) is 41.0 Å². The summed E-state index contributed by atoms with van der Waals surface area (Å²) in [7, 11) is 2.21. The van der Waals surface area contributed by atoms with Gasteiger partial charge < -0.3 is 5.32 Å². The summed E-state index contributed by atoms with van der Waals surface area (Å²) in [5.74, 6) is 2.57. The van der Waals surface area contributed by atoms with Crippen LogP contribution in [0.1, 0.15) is 25.5 Å². The summed E-state index contributed by atoms with van der Waals surface area (Å²) in [6.07, 6.45) is 4.37. The molecule has 1 unspecified atom stereocenters. The van der Waals surface area contributed by atoms with Gasteiger partial charge in [0.15, 0.2) is 0 Å². The second kappa shape index (κ2) is 7.00. The SMILES string of the molecule is CCCNc1ccnc(CN(C)C2CCSC2)c1. The standard InChI is InChI=1S/C14H23N3S/c1-3-6-15-12-4-7-16-13(9-12)10-17(2)14-5-8-18-11-14/h4,7,9,14H,3,5-6,8,10-11H2,1-2H3,(H,15,16). The molecular formula is C14H23N3S. The summed E-state index contributed by atoms with van der Waals surface area (Å²) in [6, 6.07) is 4.95. The van der Waals surface area contributed by atoms with Gasteiger partial charge in [-0.15, -0.1) is 0 Å². The first-order valence-corrected chi connectivity index (χ1v) is 7.92. The molecule has 0 saturated carbocycles. The van der Waals surface area contributed by atoms with Gasteiger partial charge in [-0.05, 0) is 37.8 Å². The average molecular weight is 265 g/mol. The number of thioether (sulfide) groups is 1. The molecule has 1 N–H and O–H groups in total. The number of nitrogens with zero attached hydrogens (tertiary/aromatic N) is 2. The van der Waals surface area contributed by atoms with E-state index in [-0.39, 0.29) is 0 Å². The first kappa shape index (κ1) is 13.7. The molecule has 1 fully saturated rings. The first-order chi connectivity index (χ1) is 8.79. The summed E-state index contributed by atoms with van der Waals surface area (Å²) < 4.78 is 0. The Morgan fingerprint density at radius 3 is 3.17 bits per heavy atom. The van der Waals surface area contributed by atoms with Gasteiger partial charge in [-0.2, -0.15) is 11.8 Å². The number of nitrogens with one attached hydrogen (secondary N) is 1.